The summed E-state index contributed by atoms with van der Waals surface area (Å²) < 4.78 is 33.9. The van der Waals surface area contributed by atoms with Gasteiger partial charge in [0.05, 0.1) is 24.5 Å². The van der Waals surface area contributed by atoms with Gasteiger partial charge >= 0.3 is 6.09 Å². The zero-order chi connectivity index (χ0) is 21.3. The topological polar surface area (TPSA) is 96.4 Å². The smallest absolute Gasteiger partial charge is 0.411 e. The molecule has 1 amide bonds. The van der Waals surface area contributed by atoms with E-state index in [-0.39, 0.29) is 12.2 Å². The number of carbonyl (C=O) groups excluding carboxylic acids is 1. The van der Waals surface area contributed by atoms with Crippen molar-refractivity contribution in [2.24, 2.45) is 0 Å². The molecule has 0 saturated heterocycles. The van der Waals surface area contributed by atoms with Gasteiger partial charge in [-0.3, -0.25) is 10.3 Å². The highest BCUT2D eigenvalue weighted by molar-refractivity contribution is 5.84. The maximum absolute atomic E-state index is 14.9. The lowest BCUT2D eigenvalue weighted by molar-refractivity contribution is 0.142. The first-order valence-electron chi connectivity index (χ1n) is 9.14. The number of rotatable bonds is 4. The summed E-state index contributed by atoms with van der Waals surface area (Å²) in [5.74, 6) is -2.09. The molecule has 2 aromatic heterocycles. The number of hydrogen-bond acceptors (Lipinski definition) is 6. The number of aliphatic hydroxyl groups is 1. The van der Waals surface area contributed by atoms with E-state index in [1.54, 1.807) is 24.7 Å². The summed E-state index contributed by atoms with van der Waals surface area (Å²) in [4.78, 5) is 19.9. The van der Waals surface area contributed by atoms with Crippen molar-refractivity contribution < 1.29 is 23.4 Å². The van der Waals surface area contributed by atoms with Crippen molar-refractivity contribution in [3.63, 3.8) is 0 Å². The molecule has 3 heterocycles. The van der Waals surface area contributed by atoms with E-state index >= 15 is 0 Å². The highest BCUT2D eigenvalue weighted by Crippen LogP contribution is 2.42. The third-order valence-corrected chi connectivity index (χ3v) is 5.03. The van der Waals surface area contributed by atoms with E-state index in [1.165, 1.54) is 0 Å². The van der Waals surface area contributed by atoms with E-state index in [1.807, 2.05) is 12.1 Å². The van der Waals surface area contributed by atoms with Crippen LogP contribution >= 0.6 is 0 Å². The first-order chi connectivity index (χ1) is 14.5. The van der Waals surface area contributed by atoms with Crippen LogP contribution in [-0.4, -0.2) is 34.8 Å². The standard InChI is InChI=1S/C21H18F2N4O3/c1-30-21(29)27-16-5-4-15(22)17(18(16)23)19(28)14-10-26-20-13(14)7-12(9-25-20)11-3-2-6-24-8-11/h2-9,14,19,28H,10H2,1H3,(H,25,26)(H,27,29). The largest absolute Gasteiger partial charge is 0.453 e. The number of nitrogens with zero attached hydrogens (tertiary/aromatic N) is 2. The van der Waals surface area contributed by atoms with Gasteiger partial charge in [-0.2, -0.15) is 0 Å². The minimum absolute atomic E-state index is 0.244. The van der Waals surface area contributed by atoms with Gasteiger partial charge in [-0.1, -0.05) is 6.07 Å². The number of halogens is 2. The Morgan fingerprint density at radius 1 is 1.30 bits per heavy atom. The molecule has 3 N–H and O–H groups in total. The zero-order valence-electron chi connectivity index (χ0n) is 15.9. The monoisotopic (exact) mass is 412 g/mol. The van der Waals surface area contributed by atoms with Crippen LogP contribution in [-0.2, 0) is 4.74 Å². The van der Waals surface area contributed by atoms with Crippen LogP contribution in [0.1, 0.15) is 23.1 Å². The molecule has 3 aromatic rings. The Hall–Kier alpha value is -3.59. The van der Waals surface area contributed by atoms with Gasteiger partial charge in [-0.25, -0.2) is 18.6 Å². The molecule has 0 spiro atoms. The Balaban J connectivity index is 1.70. The number of fused-ring (bicyclic) bond motifs is 1. The number of aliphatic hydroxyl groups excluding tert-OH is 1. The molecule has 1 aliphatic heterocycles. The van der Waals surface area contributed by atoms with Gasteiger partial charge in [0.15, 0.2) is 5.82 Å². The lowest BCUT2D eigenvalue weighted by Gasteiger charge is -2.21. The third-order valence-electron chi connectivity index (χ3n) is 5.03. The van der Waals surface area contributed by atoms with Crippen molar-refractivity contribution in [3.8, 4) is 11.1 Å². The van der Waals surface area contributed by atoms with Crippen molar-refractivity contribution in [3.05, 3.63) is 71.7 Å². The van der Waals surface area contributed by atoms with E-state index in [2.05, 4.69) is 25.3 Å². The Morgan fingerprint density at radius 3 is 2.87 bits per heavy atom. The number of pyridine rings is 2. The third kappa shape index (κ3) is 3.55. The fourth-order valence-corrected chi connectivity index (χ4v) is 3.50. The van der Waals surface area contributed by atoms with Crippen molar-refractivity contribution in [2.75, 3.05) is 24.3 Å². The lowest BCUT2D eigenvalue weighted by Crippen LogP contribution is -2.18. The summed E-state index contributed by atoms with van der Waals surface area (Å²) in [7, 11) is 1.13. The normalized spacial score (nSPS) is 15.8. The molecule has 154 valence electrons. The Kier molecular flexibility index (Phi) is 5.28. The second kappa shape index (κ2) is 8.03. The van der Waals surface area contributed by atoms with E-state index in [0.29, 0.717) is 11.4 Å². The maximum atomic E-state index is 14.9. The van der Waals surface area contributed by atoms with Crippen molar-refractivity contribution in [1.82, 2.24) is 9.97 Å². The Bertz CT molecular complexity index is 1100. The first-order valence-corrected chi connectivity index (χ1v) is 9.14. The molecule has 0 bridgehead atoms. The molecule has 0 fully saturated rings. The summed E-state index contributed by atoms with van der Waals surface area (Å²) in [5, 5.41) is 16.1. The van der Waals surface area contributed by atoms with Crippen LogP contribution in [0.4, 0.5) is 25.1 Å². The summed E-state index contributed by atoms with van der Waals surface area (Å²) >= 11 is 0. The van der Waals surface area contributed by atoms with E-state index in [4.69, 9.17) is 0 Å². The molecule has 2 atom stereocenters. The van der Waals surface area contributed by atoms with Crippen LogP contribution in [0.15, 0.2) is 48.9 Å². The van der Waals surface area contributed by atoms with Gasteiger partial charge in [0, 0.05) is 47.7 Å². The quantitative estimate of drug-likeness (QED) is 0.603. The van der Waals surface area contributed by atoms with Gasteiger partial charge in [0.2, 0.25) is 0 Å². The molecule has 1 aromatic carbocycles. The lowest BCUT2D eigenvalue weighted by atomic mass is 9.89. The van der Waals surface area contributed by atoms with E-state index in [9.17, 15) is 18.7 Å². The van der Waals surface area contributed by atoms with Crippen LogP contribution in [0.2, 0.25) is 0 Å². The van der Waals surface area contributed by atoms with Crippen LogP contribution in [0.3, 0.4) is 0 Å². The van der Waals surface area contributed by atoms with Crippen molar-refractivity contribution >= 4 is 17.6 Å². The molecular formula is C21H18F2N4O3. The number of nitrogens with one attached hydrogen (secondary N) is 2. The number of carbonyl (C=O) groups is 1. The average Bonchev–Trinajstić information content (AvgIpc) is 3.19. The molecule has 7 nitrogen and oxygen atoms in total. The van der Waals surface area contributed by atoms with Crippen LogP contribution in [0, 0.1) is 11.6 Å². The summed E-state index contributed by atoms with van der Waals surface area (Å²) in [6.45, 7) is 0.244. The van der Waals surface area contributed by atoms with E-state index in [0.717, 1.165) is 30.4 Å². The highest BCUT2D eigenvalue weighted by atomic mass is 19.1. The average molecular weight is 412 g/mol. The summed E-state index contributed by atoms with van der Waals surface area (Å²) in [5.41, 5.74) is 1.41. The molecule has 2 unspecified atom stereocenters. The number of anilines is 2. The van der Waals surface area contributed by atoms with Crippen LogP contribution in [0.25, 0.3) is 11.1 Å². The second-order valence-corrected chi connectivity index (χ2v) is 6.77. The molecule has 30 heavy (non-hydrogen) atoms. The zero-order valence-corrected chi connectivity index (χ0v) is 15.9. The number of hydrogen-bond donors (Lipinski definition) is 3. The minimum atomic E-state index is -1.51. The maximum Gasteiger partial charge on any atom is 0.411 e. The second-order valence-electron chi connectivity index (χ2n) is 6.77. The van der Waals surface area contributed by atoms with Crippen molar-refractivity contribution in [2.45, 2.75) is 12.0 Å². The molecular weight excluding hydrogens is 394 g/mol. The molecule has 9 heteroatoms. The Labute approximate surface area is 170 Å². The van der Waals surface area contributed by atoms with Gasteiger partial charge in [-0.15, -0.1) is 0 Å². The summed E-state index contributed by atoms with van der Waals surface area (Å²) in [6, 6.07) is 7.53. The van der Waals surface area contributed by atoms with Gasteiger partial charge in [0.1, 0.15) is 11.6 Å². The highest BCUT2D eigenvalue weighted by Gasteiger charge is 2.34. The predicted molar refractivity (Wildman–Crippen MR) is 106 cm³/mol. The fourth-order valence-electron chi connectivity index (χ4n) is 3.50. The SMILES string of the molecule is COC(=O)Nc1ccc(F)c(C(O)C2CNc3ncc(-c4cccnc4)cc32)c1F. The van der Waals surface area contributed by atoms with Gasteiger partial charge < -0.3 is 15.2 Å². The van der Waals surface area contributed by atoms with Gasteiger partial charge in [0.25, 0.3) is 0 Å². The number of aromatic nitrogens is 2. The molecule has 0 radical (unpaired) electrons. The molecule has 0 saturated carbocycles. The van der Waals surface area contributed by atoms with Crippen molar-refractivity contribution in [1.29, 1.82) is 0 Å². The number of methoxy groups -OCH3 is 1. The minimum Gasteiger partial charge on any atom is -0.453 e. The van der Waals surface area contributed by atoms with Crippen LogP contribution < -0.4 is 10.6 Å². The first kappa shape index (κ1) is 19.7. The fraction of sp³-hybridized carbons (Fsp3) is 0.190. The van der Waals surface area contributed by atoms with E-state index < -0.39 is 35.3 Å². The van der Waals surface area contributed by atoms with Crippen LogP contribution in [0.5, 0.6) is 0 Å². The number of amides is 1. The molecule has 1 aliphatic rings. The number of benzene rings is 1. The Morgan fingerprint density at radius 2 is 2.13 bits per heavy atom. The summed E-state index contributed by atoms with van der Waals surface area (Å²) in [6.07, 6.45) is 2.58. The number of ether oxygens (including phenoxy) is 1. The molecule has 4 rings (SSSR count). The predicted octanol–water partition coefficient (Wildman–Crippen LogP) is 3.84. The van der Waals surface area contributed by atoms with Gasteiger partial charge in [-0.05, 0) is 24.3 Å². The molecule has 0 aliphatic carbocycles.